The monoisotopic (exact) mass is 272 g/mol. The number of hydrogen-bond acceptors (Lipinski definition) is 2. The highest BCUT2D eigenvalue weighted by atomic mass is 19.4. The molecule has 0 radical (unpaired) electrons. The number of nitrogens with one attached hydrogen (secondary N) is 1. The molecule has 0 atom stereocenters. The summed E-state index contributed by atoms with van der Waals surface area (Å²) >= 11 is 0. The maximum Gasteiger partial charge on any atom is 0.416 e. The summed E-state index contributed by atoms with van der Waals surface area (Å²) in [6.45, 7) is 3.94. The number of piperazine rings is 1. The number of benzene rings is 1. The summed E-state index contributed by atoms with van der Waals surface area (Å²) < 4.78 is 38.2. The van der Waals surface area contributed by atoms with E-state index in [1.807, 2.05) is 0 Å². The van der Waals surface area contributed by atoms with Crippen LogP contribution >= 0.6 is 0 Å². The van der Waals surface area contributed by atoms with Crippen LogP contribution in [-0.4, -0.2) is 37.0 Å². The molecular weight excluding hydrogens is 257 g/mol. The zero-order chi connectivity index (χ0) is 14.0. The summed E-state index contributed by atoms with van der Waals surface area (Å²) in [7, 11) is 0. The minimum absolute atomic E-state index is 0.106. The maximum absolute atomic E-state index is 12.7. The Balaban J connectivity index is 2.28. The Morgan fingerprint density at radius 2 is 1.84 bits per heavy atom. The molecule has 6 heteroatoms. The molecule has 1 aromatic rings. The highest BCUT2D eigenvalue weighted by Gasteiger charge is 2.32. The van der Waals surface area contributed by atoms with E-state index in [4.69, 9.17) is 0 Å². The van der Waals surface area contributed by atoms with Crippen molar-refractivity contribution >= 4 is 5.91 Å². The first-order chi connectivity index (χ1) is 8.88. The van der Waals surface area contributed by atoms with Crippen molar-refractivity contribution in [2.45, 2.75) is 13.1 Å². The Morgan fingerprint density at radius 1 is 1.21 bits per heavy atom. The topological polar surface area (TPSA) is 32.3 Å². The van der Waals surface area contributed by atoms with E-state index in [1.165, 1.54) is 6.07 Å². The molecule has 1 fully saturated rings. The lowest BCUT2D eigenvalue weighted by molar-refractivity contribution is -0.137. The lowest BCUT2D eigenvalue weighted by Gasteiger charge is -2.27. The standard InChI is InChI=1S/C13H15F3N2O/c1-9-6-10(8-11(7-9)13(14,15)16)12(19)18-4-2-17-3-5-18/h6-8,17H,2-5H2,1H3. The molecule has 0 aromatic heterocycles. The van der Waals surface area contributed by atoms with Gasteiger partial charge in [-0.3, -0.25) is 4.79 Å². The van der Waals surface area contributed by atoms with Gasteiger partial charge >= 0.3 is 6.18 Å². The van der Waals surface area contributed by atoms with E-state index in [2.05, 4.69) is 5.32 Å². The third-order valence-corrected chi connectivity index (χ3v) is 3.06. The SMILES string of the molecule is Cc1cc(C(=O)N2CCNCC2)cc(C(F)(F)F)c1. The van der Waals surface area contributed by atoms with Crippen LogP contribution in [0.3, 0.4) is 0 Å². The Morgan fingerprint density at radius 3 is 2.42 bits per heavy atom. The Kier molecular flexibility index (Phi) is 3.80. The second-order valence-electron chi connectivity index (χ2n) is 4.63. The average molecular weight is 272 g/mol. The zero-order valence-corrected chi connectivity index (χ0v) is 10.5. The number of carbonyl (C=O) groups excluding carboxylic acids is 1. The fourth-order valence-corrected chi connectivity index (χ4v) is 2.12. The number of rotatable bonds is 1. The number of alkyl halides is 3. The van der Waals surface area contributed by atoms with E-state index < -0.39 is 11.7 Å². The Hall–Kier alpha value is -1.56. The maximum atomic E-state index is 12.7. The number of amides is 1. The van der Waals surface area contributed by atoms with Gasteiger partial charge in [-0.2, -0.15) is 13.2 Å². The number of carbonyl (C=O) groups is 1. The van der Waals surface area contributed by atoms with Crippen LogP contribution < -0.4 is 5.32 Å². The Bertz CT molecular complexity index is 479. The van der Waals surface area contributed by atoms with Crippen LogP contribution in [0.1, 0.15) is 21.5 Å². The number of halogens is 3. The fourth-order valence-electron chi connectivity index (χ4n) is 2.12. The molecule has 1 heterocycles. The average Bonchev–Trinajstić information content (AvgIpc) is 2.37. The van der Waals surface area contributed by atoms with E-state index >= 15 is 0 Å². The van der Waals surface area contributed by atoms with Crippen molar-refractivity contribution in [3.05, 3.63) is 34.9 Å². The van der Waals surface area contributed by atoms with Gasteiger partial charge < -0.3 is 10.2 Å². The smallest absolute Gasteiger partial charge is 0.336 e. The molecular formula is C13H15F3N2O. The van der Waals surface area contributed by atoms with Crippen molar-refractivity contribution in [2.75, 3.05) is 26.2 Å². The predicted molar refractivity (Wildman–Crippen MR) is 65.0 cm³/mol. The van der Waals surface area contributed by atoms with Gasteiger partial charge in [0.15, 0.2) is 0 Å². The van der Waals surface area contributed by atoms with Gasteiger partial charge in [-0.1, -0.05) is 0 Å². The van der Waals surface area contributed by atoms with Crippen molar-refractivity contribution in [3.63, 3.8) is 0 Å². The van der Waals surface area contributed by atoms with Crippen molar-refractivity contribution in [2.24, 2.45) is 0 Å². The molecule has 1 aliphatic heterocycles. The van der Waals surface area contributed by atoms with Crippen LogP contribution in [0.2, 0.25) is 0 Å². The van der Waals surface area contributed by atoms with Gasteiger partial charge in [-0.25, -0.2) is 0 Å². The normalized spacial score (nSPS) is 16.5. The van der Waals surface area contributed by atoms with Crippen molar-refractivity contribution in [3.8, 4) is 0 Å². The van der Waals surface area contributed by atoms with Crippen LogP contribution in [0.15, 0.2) is 18.2 Å². The molecule has 1 amide bonds. The van der Waals surface area contributed by atoms with Gasteiger partial charge in [-0.05, 0) is 30.7 Å². The number of aryl methyl sites for hydroxylation is 1. The first-order valence-electron chi connectivity index (χ1n) is 6.07. The molecule has 0 unspecified atom stereocenters. The van der Waals surface area contributed by atoms with Gasteiger partial charge in [0.05, 0.1) is 5.56 Å². The van der Waals surface area contributed by atoms with Crippen LogP contribution in [0.25, 0.3) is 0 Å². The van der Waals surface area contributed by atoms with E-state index in [1.54, 1.807) is 11.8 Å². The first-order valence-corrected chi connectivity index (χ1v) is 6.07. The van der Waals surface area contributed by atoms with Gasteiger partial charge in [0.25, 0.3) is 5.91 Å². The quantitative estimate of drug-likeness (QED) is 0.848. The van der Waals surface area contributed by atoms with Crippen LogP contribution in [-0.2, 0) is 6.18 Å². The first kappa shape index (κ1) is 13.9. The zero-order valence-electron chi connectivity index (χ0n) is 10.5. The largest absolute Gasteiger partial charge is 0.416 e. The van der Waals surface area contributed by atoms with Gasteiger partial charge in [0.2, 0.25) is 0 Å². The van der Waals surface area contributed by atoms with E-state index in [-0.39, 0.29) is 11.5 Å². The number of hydrogen-bond donors (Lipinski definition) is 1. The molecule has 104 valence electrons. The highest BCUT2D eigenvalue weighted by molar-refractivity contribution is 5.94. The second kappa shape index (κ2) is 5.21. The lowest BCUT2D eigenvalue weighted by atomic mass is 10.0. The van der Waals surface area contributed by atoms with E-state index in [9.17, 15) is 18.0 Å². The van der Waals surface area contributed by atoms with Gasteiger partial charge in [0, 0.05) is 31.7 Å². The van der Waals surface area contributed by atoms with Crippen LogP contribution in [0, 0.1) is 6.92 Å². The summed E-state index contributed by atoms with van der Waals surface area (Å²) in [5, 5.41) is 3.09. The molecule has 1 saturated heterocycles. The van der Waals surface area contributed by atoms with Crippen molar-refractivity contribution in [1.82, 2.24) is 10.2 Å². The molecule has 1 N–H and O–H groups in total. The summed E-state index contributed by atoms with van der Waals surface area (Å²) in [4.78, 5) is 13.7. The minimum atomic E-state index is -4.43. The molecule has 3 nitrogen and oxygen atoms in total. The molecule has 0 aliphatic carbocycles. The predicted octanol–water partition coefficient (Wildman–Crippen LogP) is 2.06. The lowest BCUT2D eigenvalue weighted by Crippen LogP contribution is -2.46. The summed E-state index contributed by atoms with van der Waals surface area (Å²) in [5.41, 5.74) is -0.228. The van der Waals surface area contributed by atoms with E-state index in [0.29, 0.717) is 31.7 Å². The molecule has 19 heavy (non-hydrogen) atoms. The third-order valence-electron chi connectivity index (χ3n) is 3.06. The third kappa shape index (κ3) is 3.26. The van der Waals surface area contributed by atoms with Crippen molar-refractivity contribution in [1.29, 1.82) is 0 Å². The molecule has 0 saturated carbocycles. The van der Waals surface area contributed by atoms with E-state index in [0.717, 1.165) is 12.1 Å². The summed E-state index contributed by atoms with van der Waals surface area (Å²) in [6.07, 6.45) is -4.43. The summed E-state index contributed by atoms with van der Waals surface area (Å²) in [6, 6.07) is 3.48. The van der Waals surface area contributed by atoms with Crippen molar-refractivity contribution < 1.29 is 18.0 Å². The molecule has 0 spiro atoms. The number of nitrogens with zero attached hydrogens (tertiary/aromatic N) is 1. The summed E-state index contributed by atoms with van der Waals surface area (Å²) in [5.74, 6) is -0.337. The minimum Gasteiger partial charge on any atom is -0.336 e. The van der Waals surface area contributed by atoms with Gasteiger partial charge in [0.1, 0.15) is 0 Å². The highest BCUT2D eigenvalue weighted by Crippen LogP contribution is 2.30. The Labute approximate surface area is 109 Å². The van der Waals surface area contributed by atoms with Crippen LogP contribution in [0.4, 0.5) is 13.2 Å². The van der Waals surface area contributed by atoms with Gasteiger partial charge in [-0.15, -0.1) is 0 Å². The fraction of sp³-hybridized carbons (Fsp3) is 0.462. The van der Waals surface area contributed by atoms with Crippen LogP contribution in [0.5, 0.6) is 0 Å². The molecule has 1 aromatic carbocycles. The molecule has 1 aliphatic rings. The molecule has 2 rings (SSSR count). The second-order valence-corrected chi connectivity index (χ2v) is 4.63. The molecule has 0 bridgehead atoms.